The lowest BCUT2D eigenvalue weighted by molar-refractivity contribution is 0.307. The first-order valence-electron chi connectivity index (χ1n) is 14.7. The van der Waals surface area contributed by atoms with E-state index in [1.165, 1.54) is 51.4 Å². The molecule has 0 saturated heterocycles. The second kappa shape index (κ2) is 16.5. The van der Waals surface area contributed by atoms with Crippen LogP contribution in [0.5, 0.6) is 5.75 Å². The van der Waals surface area contributed by atoms with Crippen LogP contribution < -0.4 is 4.74 Å². The number of ether oxygens (including phenoxy) is 1. The maximum absolute atomic E-state index is 6.77. The molecule has 0 unspecified atom stereocenters. The molecule has 0 fully saturated rings. The smallest absolute Gasteiger partial charge is 0.132 e. The molecule has 0 atom stereocenters. The molecule has 3 nitrogen and oxygen atoms in total. The van der Waals surface area contributed by atoms with Crippen LogP contribution in [0.3, 0.4) is 0 Å². The number of aromatic nitrogens is 2. The third kappa shape index (κ3) is 9.41. The zero-order valence-electron chi connectivity index (χ0n) is 23.7. The fraction of sp³-hybridized carbons (Fsp3) is 0.382. The number of rotatable bonds is 16. The minimum atomic E-state index is 0.389. The molecule has 0 spiro atoms. The highest BCUT2D eigenvalue weighted by molar-refractivity contribution is 6.37. The maximum atomic E-state index is 6.77. The maximum Gasteiger partial charge on any atom is 0.132 e. The Morgan fingerprint density at radius 3 is 2.02 bits per heavy atom. The van der Waals surface area contributed by atoms with Crippen LogP contribution in [0.25, 0.3) is 22.5 Å². The van der Waals surface area contributed by atoms with Crippen LogP contribution in [-0.2, 0) is 13.2 Å². The summed E-state index contributed by atoms with van der Waals surface area (Å²) in [6, 6.07) is 21.1. The number of halogens is 4. The van der Waals surface area contributed by atoms with Gasteiger partial charge in [-0.15, -0.1) is 0 Å². The van der Waals surface area contributed by atoms with Crippen molar-refractivity contribution in [3.63, 3.8) is 0 Å². The third-order valence-corrected chi connectivity index (χ3v) is 8.29. The Morgan fingerprint density at radius 2 is 1.34 bits per heavy atom. The van der Waals surface area contributed by atoms with E-state index in [2.05, 4.69) is 6.92 Å². The lowest BCUT2D eigenvalue weighted by atomic mass is 10.1. The fourth-order valence-corrected chi connectivity index (χ4v) is 6.10. The van der Waals surface area contributed by atoms with Crippen molar-refractivity contribution in [2.45, 2.75) is 84.3 Å². The van der Waals surface area contributed by atoms with Gasteiger partial charge in [-0.05, 0) is 48.4 Å². The Bertz CT molecular complexity index is 1390. The van der Waals surface area contributed by atoms with E-state index >= 15 is 0 Å². The van der Waals surface area contributed by atoms with Gasteiger partial charge in [-0.1, -0.05) is 141 Å². The summed E-state index contributed by atoms with van der Waals surface area (Å²) in [5, 5.41) is 7.19. The summed E-state index contributed by atoms with van der Waals surface area (Å²) in [5.41, 5.74) is 4.26. The predicted octanol–water partition coefficient (Wildman–Crippen LogP) is 12.3. The Morgan fingerprint density at radius 1 is 0.683 bits per heavy atom. The zero-order chi connectivity index (χ0) is 29.0. The molecule has 0 N–H and O–H groups in total. The average molecular weight is 633 g/mol. The van der Waals surface area contributed by atoms with E-state index in [0.29, 0.717) is 43.7 Å². The molecule has 0 aliphatic carbocycles. The summed E-state index contributed by atoms with van der Waals surface area (Å²) in [5.74, 6) is 0.587. The van der Waals surface area contributed by atoms with Crippen LogP contribution in [0.15, 0.2) is 66.7 Å². The van der Waals surface area contributed by atoms with E-state index in [0.717, 1.165) is 36.2 Å². The molecule has 1 heterocycles. The van der Waals surface area contributed by atoms with Crippen molar-refractivity contribution in [3.8, 4) is 28.3 Å². The molecule has 4 aromatic rings. The highest BCUT2D eigenvalue weighted by atomic mass is 35.5. The number of unbranched alkanes of at least 4 members (excludes halogenated alkanes) is 9. The monoisotopic (exact) mass is 630 g/mol. The van der Waals surface area contributed by atoms with E-state index in [1.54, 1.807) is 18.2 Å². The van der Waals surface area contributed by atoms with Gasteiger partial charge in [0.25, 0.3) is 0 Å². The molecule has 4 rings (SSSR count). The Balaban J connectivity index is 1.53. The second-order valence-corrected chi connectivity index (χ2v) is 12.2. The number of aryl methyl sites for hydroxylation is 1. The van der Waals surface area contributed by atoms with Gasteiger partial charge in [0.1, 0.15) is 12.4 Å². The topological polar surface area (TPSA) is 27.1 Å². The molecule has 3 aromatic carbocycles. The summed E-state index contributed by atoms with van der Waals surface area (Å²) in [7, 11) is 0. The summed E-state index contributed by atoms with van der Waals surface area (Å²) in [6.45, 7) is 3.42. The lowest BCUT2D eigenvalue weighted by Crippen LogP contribution is -2.03. The van der Waals surface area contributed by atoms with Crippen molar-refractivity contribution in [2.75, 3.05) is 0 Å². The van der Waals surface area contributed by atoms with Gasteiger partial charge >= 0.3 is 0 Å². The van der Waals surface area contributed by atoms with Crippen LogP contribution >= 0.6 is 46.4 Å². The summed E-state index contributed by atoms with van der Waals surface area (Å²) < 4.78 is 8.27. The van der Waals surface area contributed by atoms with Crippen LogP contribution in [-0.4, -0.2) is 9.78 Å². The molecule has 0 saturated carbocycles. The summed E-state index contributed by atoms with van der Waals surface area (Å²) in [6.07, 6.45) is 12.8. The van der Waals surface area contributed by atoms with E-state index in [9.17, 15) is 0 Å². The molecule has 0 amide bonds. The second-order valence-electron chi connectivity index (χ2n) is 10.5. The van der Waals surface area contributed by atoms with Crippen molar-refractivity contribution in [3.05, 3.63) is 92.4 Å². The standard InChI is InChI=1S/C34H38Cl4N2O/c1-2-3-4-5-6-7-8-9-10-14-19-40-32(28-18-17-26(35)20-29(28)37)23-31(39-40)34-30(38)21-27(36)22-33(34)41-24-25-15-12-11-13-16-25/h11-13,15-18,20-23H,2-10,14,19,24H2,1H3. The molecule has 7 heteroatoms. The van der Waals surface area contributed by atoms with Gasteiger partial charge in [0, 0.05) is 22.2 Å². The molecular formula is C34H38Cl4N2O. The van der Waals surface area contributed by atoms with E-state index in [1.807, 2.05) is 53.2 Å². The lowest BCUT2D eigenvalue weighted by Gasteiger charge is -2.13. The molecule has 0 aliphatic rings. The molecule has 41 heavy (non-hydrogen) atoms. The van der Waals surface area contributed by atoms with Gasteiger partial charge in [-0.3, -0.25) is 4.68 Å². The van der Waals surface area contributed by atoms with E-state index in [-0.39, 0.29) is 0 Å². The molecule has 0 bridgehead atoms. The first kappa shape index (κ1) is 31.8. The van der Waals surface area contributed by atoms with Gasteiger partial charge in [0.2, 0.25) is 0 Å². The number of hydrogen-bond donors (Lipinski definition) is 0. The first-order valence-corrected chi connectivity index (χ1v) is 16.2. The van der Waals surface area contributed by atoms with Crippen LogP contribution in [0.4, 0.5) is 0 Å². The Hall–Kier alpha value is -2.17. The summed E-state index contributed by atoms with van der Waals surface area (Å²) >= 11 is 26.0. The minimum absolute atomic E-state index is 0.389. The Kier molecular flexibility index (Phi) is 12.8. The number of nitrogens with zero attached hydrogens (tertiary/aromatic N) is 2. The van der Waals surface area contributed by atoms with Crippen molar-refractivity contribution in [1.82, 2.24) is 9.78 Å². The van der Waals surface area contributed by atoms with Crippen LogP contribution in [0.1, 0.15) is 76.7 Å². The third-order valence-electron chi connectivity index (χ3n) is 7.22. The molecule has 0 radical (unpaired) electrons. The van der Waals surface area contributed by atoms with Crippen molar-refractivity contribution in [2.24, 2.45) is 0 Å². The van der Waals surface area contributed by atoms with E-state index in [4.69, 9.17) is 56.2 Å². The predicted molar refractivity (Wildman–Crippen MR) is 176 cm³/mol. The zero-order valence-corrected chi connectivity index (χ0v) is 26.7. The molecule has 1 aromatic heterocycles. The summed E-state index contributed by atoms with van der Waals surface area (Å²) in [4.78, 5) is 0. The van der Waals surface area contributed by atoms with Gasteiger partial charge in [0.05, 0.1) is 27.0 Å². The van der Waals surface area contributed by atoms with Crippen molar-refractivity contribution in [1.29, 1.82) is 0 Å². The van der Waals surface area contributed by atoms with Gasteiger partial charge < -0.3 is 4.74 Å². The van der Waals surface area contributed by atoms with Crippen LogP contribution in [0, 0.1) is 0 Å². The fourth-order valence-electron chi connectivity index (χ4n) is 5.02. The van der Waals surface area contributed by atoms with E-state index < -0.39 is 0 Å². The van der Waals surface area contributed by atoms with Gasteiger partial charge in [0.15, 0.2) is 0 Å². The van der Waals surface area contributed by atoms with Gasteiger partial charge in [-0.2, -0.15) is 5.10 Å². The van der Waals surface area contributed by atoms with Crippen molar-refractivity contribution >= 4 is 46.4 Å². The quantitative estimate of drug-likeness (QED) is 0.115. The number of hydrogen-bond acceptors (Lipinski definition) is 2. The first-order chi connectivity index (χ1) is 20.0. The SMILES string of the molecule is CCCCCCCCCCCCn1nc(-c2c(Cl)cc(Cl)cc2OCc2ccccc2)cc1-c1ccc(Cl)cc1Cl. The normalized spacial score (nSPS) is 11.2. The average Bonchev–Trinajstić information content (AvgIpc) is 3.36. The Labute approximate surface area is 264 Å². The molecular weight excluding hydrogens is 594 g/mol. The molecule has 218 valence electrons. The number of benzene rings is 3. The largest absolute Gasteiger partial charge is 0.488 e. The highest BCUT2D eigenvalue weighted by Crippen LogP contribution is 2.41. The molecule has 0 aliphatic heterocycles. The minimum Gasteiger partial charge on any atom is -0.488 e. The van der Waals surface area contributed by atoms with Gasteiger partial charge in [-0.25, -0.2) is 0 Å². The highest BCUT2D eigenvalue weighted by Gasteiger charge is 2.20. The van der Waals surface area contributed by atoms with Crippen LogP contribution in [0.2, 0.25) is 20.1 Å². The van der Waals surface area contributed by atoms with Crippen molar-refractivity contribution < 1.29 is 4.74 Å².